The first-order chi connectivity index (χ1) is 13.4. The molecule has 0 bridgehead atoms. The van der Waals surface area contributed by atoms with Crippen LogP contribution in [0.15, 0.2) is 48.5 Å². The molecule has 1 atom stereocenters. The number of aromatic amines is 1. The van der Waals surface area contributed by atoms with Crippen molar-refractivity contribution in [3.63, 3.8) is 0 Å². The number of H-pyrrole nitrogens is 1. The van der Waals surface area contributed by atoms with Crippen LogP contribution in [0.4, 0.5) is 5.95 Å². The van der Waals surface area contributed by atoms with E-state index in [2.05, 4.69) is 20.6 Å². The SMILES string of the molecule is CC(C)C[C@@H](NC(=O)Cc1ccc(Cl)cc1)C(=O)Nc1nc2ccccc2[nH]1. The third-order valence-electron chi connectivity index (χ3n) is 4.27. The lowest BCUT2D eigenvalue weighted by molar-refractivity contribution is -0.126. The molecular weight excluding hydrogens is 376 g/mol. The van der Waals surface area contributed by atoms with Crippen molar-refractivity contribution in [2.45, 2.75) is 32.7 Å². The number of carbonyl (C=O) groups excluding carboxylic acids is 2. The third-order valence-corrected chi connectivity index (χ3v) is 4.52. The average Bonchev–Trinajstić information content (AvgIpc) is 3.05. The Kier molecular flexibility index (Phi) is 6.31. The molecule has 7 heteroatoms. The second-order valence-corrected chi connectivity index (χ2v) is 7.58. The number of nitrogens with one attached hydrogen (secondary N) is 3. The van der Waals surface area contributed by atoms with E-state index in [-0.39, 0.29) is 24.2 Å². The summed E-state index contributed by atoms with van der Waals surface area (Å²) in [4.78, 5) is 32.6. The monoisotopic (exact) mass is 398 g/mol. The molecule has 1 aromatic heterocycles. The Morgan fingerprint density at radius 1 is 1.11 bits per heavy atom. The number of benzene rings is 2. The van der Waals surface area contributed by atoms with Gasteiger partial charge in [0, 0.05) is 5.02 Å². The van der Waals surface area contributed by atoms with E-state index in [4.69, 9.17) is 11.6 Å². The van der Waals surface area contributed by atoms with Crippen LogP contribution in [0.1, 0.15) is 25.8 Å². The summed E-state index contributed by atoms with van der Waals surface area (Å²) in [5.74, 6) is 0.0964. The molecule has 1 heterocycles. The largest absolute Gasteiger partial charge is 0.344 e. The Morgan fingerprint density at radius 2 is 1.82 bits per heavy atom. The third kappa shape index (κ3) is 5.33. The van der Waals surface area contributed by atoms with Gasteiger partial charge in [0.15, 0.2) is 0 Å². The zero-order valence-corrected chi connectivity index (χ0v) is 16.6. The molecule has 0 unspecified atom stereocenters. The van der Waals surface area contributed by atoms with Crippen molar-refractivity contribution in [2.75, 3.05) is 5.32 Å². The van der Waals surface area contributed by atoms with Crippen LogP contribution in [0.5, 0.6) is 0 Å². The van der Waals surface area contributed by atoms with E-state index >= 15 is 0 Å². The quantitative estimate of drug-likeness (QED) is 0.563. The summed E-state index contributed by atoms with van der Waals surface area (Å²) in [5, 5.41) is 6.23. The Morgan fingerprint density at radius 3 is 2.50 bits per heavy atom. The lowest BCUT2D eigenvalue weighted by Gasteiger charge is -2.19. The van der Waals surface area contributed by atoms with Gasteiger partial charge in [-0.2, -0.15) is 0 Å². The summed E-state index contributed by atoms with van der Waals surface area (Å²) < 4.78 is 0. The number of aromatic nitrogens is 2. The highest BCUT2D eigenvalue weighted by Crippen LogP contribution is 2.15. The molecule has 2 amide bonds. The maximum absolute atomic E-state index is 12.8. The molecule has 6 nitrogen and oxygen atoms in total. The minimum Gasteiger partial charge on any atom is -0.344 e. The van der Waals surface area contributed by atoms with Gasteiger partial charge in [0.25, 0.3) is 0 Å². The van der Waals surface area contributed by atoms with Gasteiger partial charge >= 0.3 is 0 Å². The summed E-state index contributed by atoms with van der Waals surface area (Å²) in [6.07, 6.45) is 0.710. The molecule has 3 aromatic rings. The van der Waals surface area contributed by atoms with Crippen LogP contribution >= 0.6 is 11.6 Å². The van der Waals surface area contributed by atoms with Crippen LogP contribution < -0.4 is 10.6 Å². The molecule has 0 aliphatic carbocycles. The molecule has 0 spiro atoms. The maximum atomic E-state index is 12.8. The molecule has 2 aromatic carbocycles. The average molecular weight is 399 g/mol. The Labute approximate surface area is 168 Å². The van der Waals surface area contributed by atoms with Gasteiger partial charge in [-0.05, 0) is 42.2 Å². The van der Waals surface area contributed by atoms with Crippen LogP contribution in [-0.4, -0.2) is 27.8 Å². The van der Waals surface area contributed by atoms with Gasteiger partial charge in [0.05, 0.1) is 17.5 Å². The van der Waals surface area contributed by atoms with Gasteiger partial charge in [-0.25, -0.2) is 4.98 Å². The molecular formula is C21H23ClN4O2. The zero-order chi connectivity index (χ0) is 20.1. The smallest absolute Gasteiger partial charge is 0.249 e. The van der Waals surface area contributed by atoms with Gasteiger partial charge in [-0.1, -0.05) is 49.7 Å². The van der Waals surface area contributed by atoms with Crippen molar-refractivity contribution in [3.05, 3.63) is 59.1 Å². The van der Waals surface area contributed by atoms with Crippen LogP contribution in [-0.2, 0) is 16.0 Å². The highest BCUT2D eigenvalue weighted by Gasteiger charge is 2.23. The lowest BCUT2D eigenvalue weighted by Crippen LogP contribution is -2.45. The Balaban J connectivity index is 1.66. The second kappa shape index (κ2) is 8.89. The van der Waals surface area contributed by atoms with E-state index in [0.717, 1.165) is 16.6 Å². The van der Waals surface area contributed by atoms with Crippen molar-refractivity contribution in [1.29, 1.82) is 0 Å². The van der Waals surface area contributed by atoms with Crippen molar-refractivity contribution in [2.24, 2.45) is 5.92 Å². The van der Waals surface area contributed by atoms with Gasteiger partial charge in [-0.3, -0.25) is 14.9 Å². The number of carbonyl (C=O) groups is 2. The molecule has 0 aliphatic rings. The van der Waals surface area contributed by atoms with E-state index in [1.54, 1.807) is 24.3 Å². The molecule has 3 rings (SSSR count). The summed E-state index contributed by atoms with van der Waals surface area (Å²) in [7, 11) is 0. The zero-order valence-electron chi connectivity index (χ0n) is 15.8. The first-order valence-corrected chi connectivity index (χ1v) is 9.58. The molecule has 0 radical (unpaired) electrons. The minimum atomic E-state index is -0.645. The van der Waals surface area contributed by atoms with E-state index in [1.807, 2.05) is 38.1 Å². The van der Waals surface area contributed by atoms with Crippen LogP contribution in [0.3, 0.4) is 0 Å². The maximum Gasteiger partial charge on any atom is 0.249 e. The molecule has 0 fully saturated rings. The standard InChI is InChI=1S/C21H23ClN4O2/c1-13(2)11-18(23-19(27)12-14-7-9-15(22)10-8-14)20(28)26-21-24-16-5-3-4-6-17(16)25-21/h3-10,13,18H,11-12H2,1-2H3,(H,23,27)(H2,24,25,26,28)/t18-/m1/s1. The molecule has 28 heavy (non-hydrogen) atoms. The first-order valence-electron chi connectivity index (χ1n) is 9.20. The fourth-order valence-corrected chi connectivity index (χ4v) is 3.08. The van der Waals surface area contributed by atoms with Gasteiger partial charge < -0.3 is 10.3 Å². The number of fused-ring (bicyclic) bond motifs is 1. The molecule has 0 aliphatic heterocycles. The normalized spacial score (nSPS) is 12.1. The van der Waals surface area contributed by atoms with Crippen LogP contribution in [0, 0.1) is 5.92 Å². The molecule has 3 N–H and O–H groups in total. The Bertz CT molecular complexity index is 933. The number of para-hydroxylation sites is 2. The number of halogens is 1. The second-order valence-electron chi connectivity index (χ2n) is 7.14. The molecule has 0 saturated carbocycles. The predicted octanol–water partition coefficient (Wildman–Crippen LogP) is 3.93. The fourth-order valence-electron chi connectivity index (χ4n) is 2.95. The lowest BCUT2D eigenvalue weighted by atomic mass is 10.0. The summed E-state index contributed by atoms with van der Waals surface area (Å²) in [5.41, 5.74) is 2.44. The summed E-state index contributed by atoms with van der Waals surface area (Å²) in [6, 6.07) is 14.0. The number of amides is 2. The van der Waals surface area contributed by atoms with Crippen LogP contribution in [0.25, 0.3) is 11.0 Å². The summed E-state index contributed by atoms with van der Waals surface area (Å²) in [6.45, 7) is 4.01. The first kappa shape index (κ1) is 19.9. The van der Waals surface area contributed by atoms with Crippen molar-refractivity contribution in [1.82, 2.24) is 15.3 Å². The number of anilines is 1. The highest BCUT2D eigenvalue weighted by atomic mass is 35.5. The number of imidazole rings is 1. The molecule has 146 valence electrons. The van der Waals surface area contributed by atoms with Crippen molar-refractivity contribution >= 4 is 40.4 Å². The van der Waals surface area contributed by atoms with Crippen molar-refractivity contribution in [3.8, 4) is 0 Å². The highest BCUT2D eigenvalue weighted by molar-refractivity contribution is 6.30. The number of rotatable bonds is 7. The topological polar surface area (TPSA) is 86.9 Å². The Hall–Kier alpha value is -2.86. The van der Waals surface area contributed by atoms with Gasteiger partial charge in [0.1, 0.15) is 6.04 Å². The number of hydrogen-bond acceptors (Lipinski definition) is 3. The van der Waals surface area contributed by atoms with Crippen LogP contribution in [0.2, 0.25) is 5.02 Å². The fraction of sp³-hybridized carbons (Fsp3) is 0.286. The number of hydrogen-bond donors (Lipinski definition) is 3. The summed E-state index contributed by atoms with van der Waals surface area (Å²) >= 11 is 5.88. The van der Waals surface area contributed by atoms with Gasteiger partial charge in [0.2, 0.25) is 17.8 Å². The minimum absolute atomic E-state index is 0.184. The predicted molar refractivity (Wildman–Crippen MR) is 111 cm³/mol. The van der Waals surface area contributed by atoms with E-state index in [9.17, 15) is 9.59 Å². The van der Waals surface area contributed by atoms with E-state index in [1.165, 1.54) is 0 Å². The molecule has 0 saturated heterocycles. The van der Waals surface area contributed by atoms with Gasteiger partial charge in [-0.15, -0.1) is 0 Å². The van der Waals surface area contributed by atoms with Crippen molar-refractivity contribution < 1.29 is 9.59 Å². The van der Waals surface area contributed by atoms with E-state index < -0.39 is 6.04 Å². The van der Waals surface area contributed by atoms with E-state index in [0.29, 0.717) is 17.4 Å². The number of nitrogens with zero attached hydrogens (tertiary/aromatic N) is 1.